The molecule has 35 heavy (non-hydrogen) atoms. The fourth-order valence-electron chi connectivity index (χ4n) is 4.67. The summed E-state index contributed by atoms with van der Waals surface area (Å²) in [5.74, 6) is -0.0871. The van der Waals surface area contributed by atoms with E-state index < -0.39 is 22.1 Å². The van der Waals surface area contributed by atoms with Crippen LogP contribution in [0.25, 0.3) is 10.4 Å². The Morgan fingerprint density at radius 2 is 2.06 bits per heavy atom. The summed E-state index contributed by atoms with van der Waals surface area (Å²) in [6.45, 7) is 4.97. The summed E-state index contributed by atoms with van der Waals surface area (Å²) < 4.78 is 43.0. The quantitative estimate of drug-likeness (QED) is 0.522. The highest BCUT2D eigenvalue weighted by Crippen LogP contribution is 2.46. The SMILES string of the molecule is CC(=O)Nc1nc(C)c(-c2cc3c(c(S(=O)(=O)NCC4(CF)CC4)c2)C(=O)N(C(C)C2CC2)C3)s1. The third-order valence-corrected chi connectivity index (χ3v) is 9.85. The Balaban J connectivity index is 1.57. The number of alkyl halides is 1. The van der Waals surface area contributed by atoms with E-state index in [4.69, 9.17) is 0 Å². The topological polar surface area (TPSA) is 108 Å². The van der Waals surface area contributed by atoms with Crippen LogP contribution in [-0.2, 0) is 21.4 Å². The van der Waals surface area contributed by atoms with Crippen molar-refractivity contribution >= 4 is 38.3 Å². The number of anilines is 1. The minimum Gasteiger partial charge on any atom is -0.331 e. The molecule has 0 radical (unpaired) electrons. The molecule has 0 bridgehead atoms. The van der Waals surface area contributed by atoms with Crippen molar-refractivity contribution in [2.75, 3.05) is 18.5 Å². The number of hydrogen-bond donors (Lipinski definition) is 2. The minimum absolute atomic E-state index is 0.00742. The normalized spacial score (nSPS) is 19.5. The van der Waals surface area contributed by atoms with Crippen molar-refractivity contribution in [2.45, 2.75) is 63.9 Å². The first kappa shape index (κ1) is 24.3. The monoisotopic (exact) mass is 520 g/mol. The number of carbonyl (C=O) groups is 2. The molecule has 2 amide bonds. The highest BCUT2D eigenvalue weighted by molar-refractivity contribution is 7.89. The maximum absolute atomic E-state index is 13.5. The summed E-state index contributed by atoms with van der Waals surface area (Å²) >= 11 is 1.25. The zero-order valence-electron chi connectivity index (χ0n) is 20.0. The fourth-order valence-corrected chi connectivity index (χ4v) is 7.09. The number of thiazole rings is 1. The first-order chi connectivity index (χ1) is 16.5. The molecule has 188 valence electrons. The summed E-state index contributed by atoms with van der Waals surface area (Å²) in [6, 6.07) is 3.39. The maximum Gasteiger partial charge on any atom is 0.256 e. The second-order valence-corrected chi connectivity index (χ2v) is 12.8. The van der Waals surface area contributed by atoms with Gasteiger partial charge in [0, 0.05) is 31.5 Å². The van der Waals surface area contributed by atoms with Crippen LogP contribution in [0.3, 0.4) is 0 Å². The van der Waals surface area contributed by atoms with E-state index in [1.165, 1.54) is 24.3 Å². The lowest BCUT2D eigenvalue weighted by atomic mass is 10.0. The first-order valence-electron chi connectivity index (χ1n) is 11.8. The number of nitrogens with one attached hydrogen (secondary N) is 2. The van der Waals surface area contributed by atoms with Crippen LogP contribution >= 0.6 is 11.3 Å². The van der Waals surface area contributed by atoms with Gasteiger partial charge in [0.15, 0.2) is 5.13 Å². The number of aryl methyl sites for hydroxylation is 1. The van der Waals surface area contributed by atoms with Gasteiger partial charge in [-0.1, -0.05) is 11.3 Å². The molecule has 0 spiro atoms. The Kier molecular flexibility index (Phi) is 6.00. The fraction of sp³-hybridized carbons (Fsp3) is 0.542. The number of aromatic nitrogens is 1. The summed E-state index contributed by atoms with van der Waals surface area (Å²) in [5, 5.41) is 3.09. The molecule has 1 atom stereocenters. The molecule has 2 aliphatic carbocycles. The number of carbonyl (C=O) groups excluding carboxylic acids is 2. The van der Waals surface area contributed by atoms with E-state index >= 15 is 0 Å². The number of nitrogens with zero attached hydrogens (tertiary/aromatic N) is 2. The summed E-state index contributed by atoms with van der Waals surface area (Å²) in [4.78, 5) is 31.7. The summed E-state index contributed by atoms with van der Waals surface area (Å²) in [5.41, 5.74) is 1.49. The predicted octanol–water partition coefficient (Wildman–Crippen LogP) is 3.86. The van der Waals surface area contributed by atoms with E-state index in [1.807, 2.05) is 13.0 Å². The number of sulfonamides is 1. The zero-order valence-corrected chi connectivity index (χ0v) is 21.6. The molecule has 2 N–H and O–H groups in total. The lowest BCUT2D eigenvalue weighted by Gasteiger charge is -2.24. The molecule has 1 aliphatic heterocycles. The average molecular weight is 521 g/mol. The number of rotatable bonds is 9. The zero-order chi connectivity index (χ0) is 25.1. The lowest BCUT2D eigenvalue weighted by molar-refractivity contribution is -0.114. The molecular formula is C24H29FN4O4S2. The molecule has 1 aromatic heterocycles. The van der Waals surface area contributed by atoms with E-state index in [0.29, 0.717) is 47.3 Å². The van der Waals surface area contributed by atoms with Crippen molar-refractivity contribution in [1.29, 1.82) is 0 Å². The van der Waals surface area contributed by atoms with Crippen LogP contribution in [-0.4, -0.2) is 49.4 Å². The Morgan fingerprint density at radius 3 is 2.66 bits per heavy atom. The van der Waals surface area contributed by atoms with Gasteiger partial charge in [0.2, 0.25) is 15.9 Å². The number of benzene rings is 1. The second-order valence-electron chi connectivity index (χ2n) is 10.1. The largest absolute Gasteiger partial charge is 0.331 e. The van der Waals surface area contributed by atoms with Crippen LogP contribution in [0.15, 0.2) is 17.0 Å². The van der Waals surface area contributed by atoms with Gasteiger partial charge in [-0.2, -0.15) is 0 Å². The number of hydrogen-bond acceptors (Lipinski definition) is 6. The Hall–Kier alpha value is -2.37. The Bertz CT molecular complexity index is 1320. The van der Waals surface area contributed by atoms with Crippen molar-refractivity contribution in [3.8, 4) is 10.4 Å². The van der Waals surface area contributed by atoms with Gasteiger partial charge in [0.05, 0.1) is 27.7 Å². The number of amides is 2. The lowest BCUT2D eigenvalue weighted by Crippen LogP contribution is -2.36. The molecule has 8 nitrogen and oxygen atoms in total. The van der Waals surface area contributed by atoms with Crippen molar-refractivity contribution in [1.82, 2.24) is 14.6 Å². The first-order valence-corrected chi connectivity index (χ1v) is 14.1. The summed E-state index contributed by atoms with van der Waals surface area (Å²) in [6.07, 6.45) is 3.41. The van der Waals surface area contributed by atoms with Gasteiger partial charge in [0.1, 0.15) is 0 Å². The van der Waals surface area contributed by atoms with E-state index in [-0.39, 0.29) is 34.9 Å². The van der Waals surface area contributed by atoms with Gasteiger partial charge in [-0.25, -0.2) is 18.1 Å². The number of fused-ring (bicyclic) bond motifs is 1. The van der Waals surface area contributed by atoms with Crippen molar-refractivity contribution in [3.63, 3.8) is 0 Å². The van der Waals surface area contributed by atoms with E-state index in [0.717, 1.165) is 17.7 Å². The summed E-state index contributed by atoms with van der Waals surface area (Å²) in [7, 11) is -4.08. The van der Waals surface area contributed by atoms with Crippen LogP contribution in [0.2, 0.25) is 0 Å². The van der Waals surface area contributed by atoms with Crippen LogP contribution in [0.4, 0.5) is 9.52 Å². The van der Waals surface area contributed by atoms with Crippen LogP contribution in [0.1, 0.15) is 61.1 Å². The molecular weight excluding hydrogens is 491 g/mol. The third kappa shape index (κ3) is 4.61. The molecule has 0 saturated heterocycles. The van der Waals surface area contributed by atoms with Gasteiger partial charge in [-0.05, 0) is 68.7 Å². The highest BCUT2D eigenvalue weighted by atomic mass is 32.2. The van der Waals surface area contributed by atoms with Crippen LogP contribution in [0.5, 0.6) is 0 Å². The second kappa shape index (κ2) is 8.63. The Labute approximate surface area is 208 Å². The van der Waals surface area contributed by atoms with Crippen molar-refractivity contribution in [2.24, 2.45) is 11.3 Å². The van der Waals surface area contributed by atoms with E-state index in [2.05, 4.69) is 15.0 Å². The molecule has 2 heterocycles. The molecule has 1 unspecified atom stereocenters. The average Bonchev–Trinajstić information content (AvgIpc) is 3.72. The highest BCUT2D eigenvalue weighted by Gasteiger charge is 2.45. The van der Waals surface area contributed by atoms with E-state index in [1.54, 1.807) is 11.8 Å². The molecule has 2 fully saturated rings. The van der Waals surface area contributed by atoms with E-state index in [9.17, 15) is 22.4 Å². The van der Waals surface area contributed by atoms with Crippen LogP contribution < -0.4 is 10.0 Å². The number of halogens is 1. The predicted molar refractivity (Wildman–Crippen MR) is 131 cm³/mol. The smallest absolute Gasteiger partial charge is 0.256 e. The third-order valence-electron chi connectivity index (χ3n) is 7.30. The van der Waals surface area contributed by atoms with Gasteiger partial charge < -0.3 is 10.2 Å². The Morgan fingerprint density at radius 1 is 1.34 bits per heavy atom. The standard InChI is InChI=1S/C24H29FN4O4S2/c1-13-21(34-23(27-13)28-15(3)30)17-8-18-10-29(14(2)16-4-5-16)22(31)20(18)19(9-17)35(32,33)26-12-24(11-25)6-7-24/h8-9,14,16,26H,4-7,10-12H2,1-3H3,(H,27,28,30). The van der Waals surface area contributed by atoms with Gasteiger partial charge in [-0.3, -0.25) is 14.0 Å². The van der Waals surface area contributed by atoms with Gasteiger partial charge >= 0.3 is 0 Å². The molecule has 3 aliphatic rings. The molecule has 2 saturated carbocycles. The molecule has 1 aromatic carbocycles. The minimum atomic E-state index is -4.08. The van der Waals surface area contributed by atoms with Gasteiger partial charge in [-0.15, -0.1) is 0 Å². The van der Waals surface area contributed by atoms with Gasteiger partial charge in [0.25, 0.3) is 5.91 Å². The molecule has 5 rings (SSSR count). The molecule has 11 heteroatoms. The van der Waals surface area contributed by atoms with Crippen LogP contribution in [0, 0.1) is 18.3 Å². The van der Waals surface area contributed by atoms with Crippen molar-refractivity contribution < 1.29 is 22.4 Å². The molecule has 2 aromatic rings. The maximum atomic E-state index is 13.5. The van der Waals surface area contributed by atoms with Crippen molar-refractivity contribution in [3.05, 3.63) is 29.0 Å².